The van der Waals surface area contributed by atoms with Gasteiger partial charge in [-0.05, 0) is 52.3 Å². The summed E-state index contributed by atoms with van der Waals surface area (Å²) in [5.74, 6) is 0.372. The van der Waals surface area contributed by atoms with Gasteiger partial charge in [0.05, 0.1) is 0 Å². The van der Waals surface area contributed by atoms with Crippen LogP contribution in [0.15, 0.2) is 29.2 Å². The summed E-state index contributed by atoms with van der Waals surface area (Å²) in [4.78, 5) is 12.0. The van der Waals surface area contributed by atoms with Gasteiger partial charge in [0, 0.05) is 11.3 Å². The van der Waals surface area contributed by atoms with Crippen molar-refractivity contribution < 1.29 is 9.53 Å². The van der Waals surface area contributed by atoms with Gasteiger partial charge < -0.3 is 4.74 Å². The molecular formula is C10H11ClO2S. The van der Waals surface area contributed by atoms with Crippen LogP contribution in [0.2, 0.25) is 0 Å². The molecular weight excluding hydrogens is 220 g/mol. The Morgan fingerprint density at radius 3 is 2.57 bits per heavy atom. The number of halogens is 1. The SMILES string of the molecule is CCCC(=O)Oc1ccc(SCl)cc1. The summed E-state index contributed by atoms with van der Waals surface area (Å²) in [6.07, 6.45) is 1.25. The zero-order chi connectivity index (χ0) is 10.4. The minimum Gasteiger partial charge on any atom is -0.427 e. The highest BCUT2D eigenvalue weighted by molar-refractivity contribution is 8.21. The van der Waals surface area contributed by atoms with Crippen LogP contribution in [0.4, 0.5) is 0 Å². The maximum atomic E-state index is 11.1. The molecule has 1 aromatic carbocycles. The summed E-state index contributed by atoms with van der Waals surface area (Å²) in [5, 5.41) is 0. The Labute approximate surface area is 92.1 Å². The predicted octanol–water partition coefficient (Wildman–Crippen LogP) is 3.64. The number of hydrogen-bond acceptors (Lipinski definition) is 3. The monoisotopic (exact) mass is 230 g/mol. The van der Waals surface area contributed by atoms with E-state index < -0.39 is 0 Å². The van der Waals surface area contributed by atoms with Crippen LogP contribution in [-0.4, -0.2) is 5.97 Å². The van der Waals surface area contributed by atoms with Crippen LogP contribution in [0.25, 0.3) is 0 Å². The van der Waals surface area contributed by atoms with E-state index >= 15 is 0 Å². The molecule has 0 aliphatic rings. The highest BCUT2D eigenvalue weighted by Crippen LogP contribution is 2.24. The number of carbonyl (C=O) groups excluding carboxylic acids is 1. The minimum absolute atomic E-state index is 0.196. The number of benzene rings is 1. The van der Waals surface area contributed by atoms with Crippen LogP contribution in [-0.2, 0) is 4.79 Å². The average molecular weight is 231 g/mol. The van der Waals surface area contributed by atoms with Crippen LogP contribution in [0, 0.1) is 0 Å². The topological polar surface area (TPSA) is 26.3 Å². The van der Waals surface area contributed by atoms with Gasteiger partial charge in [0.25, 0.3) is 0 Å². The summed E-state index contributed by atoms with van der Waals surface area (Å²) < 4.78 is 5.06. The van der Waals surface area contributed by atoms with Gasteiger partial charge in [-0.1, -0.05) is 6.92 Å². The van der Waals surface area contributed by atoms with Crippen molar-refractivity contribution in [3.8, 4) is 5.75 Å². The van der Waals surface area contributed by atoms with Crippen LogP contribution in [0.1, 0.15) is 19.8 Å². The first-order chi connectivity index (χ1) is 6.76. The Kier molecular flexibility index (Phi) is 4.84. The highest BCUT2D eigenvalue weighted by Gasteiger charge is 2.02. The van der Waals surface area contributed by atoms with Crippen molar-refractivity contribution in [2.75, 3.05) is 0 Å². The molecule has 0 aromatic heterocycles. The smallest absolute Gasteiger partial charge is 0.311 e. The highest BCUT2D eigenvalue weighted by atomic mass is 35.7. The number of ether oxygens (including phenoxy) is 1. The van der Waals surface area contributed by atoms with E-state index in [-0.39, 0.29) is 5.97 Å². The number of esters is 1. The molecule has 0 fully saturated rings. The Bertz CT molecular complexity index is 297. The van der Waals surface area contributed by atoms with Crippen molar-refractivity contribution in [3.63, 3.8) is 0 Å². The molecule has 0 spiro atoms. The summed E-state index contributed by atoms with van der Waals surface area (Å²) in [6.45, 7) is 1.94. The van der Waals surface area contributed by atoms with Gasteiger partial charge in [0.15, 0.2) is 0 Å². The van der Waals surface area contributed by atoms with Gasteiger partial charge in [-0.3, -0.25) is 4.79 Å². The Balaban J connectivity index is 2.55. The van der Waals surface area contributed by atoms with E-state index in [2.05, 4.69) is 0 Å². The molecule has 1 aromatic rings. The van der Waals surface area contributed by atoms with E-state index in [0.717, 1.165) is 22.3 Å². The van der Waals surface area contributed by atoms with E-state index in [1.807, 2.05) is 19.1 Å². The molecule has 0 heterocycles. The van der Waals surface area contributed by atoms with Crippen molar-refractivity contribution >= 4 is 27.6 Å². The largest absolute Gasteiger partial charge is 0.427 e. The molecule has 0 radical (unpaired) electrons. The third-order valence-electron chi connectivity index (χ3n) is 1.60. The fourth-order valence-corrected chi connectivity index (χ4v) is 1.49. The average Bonchev–Trinajstić information content (AvgIpc) is 2.19. The number of rotatable bonds is 4. The summed E-state index contributed by atoms with van der Waals surface area (Å²) in [6, 6.07) is 7.09. The summed E-state index contributed by atoms with van der Waals surface area (Å²) in [7, 11) is 6.68. The van der Waals surface area contributed by atoms with E-state index in [9.17, 15) is 4.79 Å². The predicted molar refractivity (Wildman–Crippen MR) is 58.7 cm³/mol. The molecule has 0 atom stereocenters. The first-order valence-electron chi connectivity index (χ1n) is 4.35. The molecule has 0 amide bonds. The van der Waals surface area contributed by atoms with Gasteiger partial charge >= 0.3 is 5.97 Å². The zero-order valence-corrected chi connectivity index (χ0v) is 9.40. The van der Waals surface area contributed by atoms with Gasteiger partial charge in [0.2, 0.25) is 0 Å². The second-order valence-corrected chi connectivity index (χ2v) is 3.86. The van der Waals surface area contributed by atoms with Crippen LogP contribution < -0.4 is 4.74 Å². The van der Waals surface area contributed by atoms with Crippen LogP contribution in [0.3, 0.4) is 0 Å². The Morgan fingerprint density at radius 1 is 1.43 bits per heavy atom. The standard InChI is InChI=1S/C10H11ClO2S/c1-2-3-10(12)13-8-4-6-9(14-11)7-5-8/h4-7H,2-3H2,1H3. The first kappa shape index (κ1) is 11.4. The maximum absolute atomic E-state index is 11.1. The van der Waals surface area contributed by atoms with Crippen molar-refractivity contribution in [1.82, 2.24) is 0 Å². The van der Waals surface area contributed by atoms with Gasteiger partial charge in [-0.15, -0.1) is 0 Å². The lowest BCUT2D eigenvalue weighted by molar-refractivity contribution is -0.134. The molecule has 0 bridgehead atoms. The summed E-state index contributed by atoms with van der Waals surface area (Å²) in [5.41, 5.74) is 0. The third kappa shape index (κ3) is 3.60. The van der Waals surface area contributed by atoms with Crippen LogP contribution >= 0.6 is 21.7 Å². The number of carbonyl (C=O) groups is 1. The third-order valence-corrected chi connectivity index (χ3v) is 2.58. The van der Waals surface area contributed by atoms with E-state index in [4.69, 9.17) is 15.4 Å². The first-order valence-corrected chi connectivity index (χ1v) is 6.00. The normalized spacial score (nSPS) is 9.86. The van der Waals surface area contributed by atoms with Crippen LogP contribution in [0.5, 0.6) is 5.75 Å². The van der Waals surface area contributed by atoms with Gasteiger partial charge in [0.1, 0.15) is 5.75 Å². The van der Waals surface area contributed by atoms with Crippen molar-refractivity contribution in [1.29, 1.82) is 0 Å². The molecule has 0 N–H and O–H groups in total. The fraction of sp³-hybridized carbons (Fsp3) is 0.300. The molecule has 1 rings (SSSR count). The molecule has 4 heteroatoms. The lowest BCUT2D eigenvalue weighted by Gasteiger charge is -2.03. The molecule has 0 unspecified atom stereocenters. The molecule has 0 saturated carbocycles. The van der Waals surface area contributed by atoms with E-state index in [1.165, 1.54) is 0 Å². The quantitative estimate of drug-likeness (QED) is 0.584. The Hall–Kier alpha value is -0.670. The lowest BCUT2D eigenvalue weighted by atomic mass is 10.3. The van der Waals surface area contributed by atoms with Gasteiger partial charge in [-0.25, -0.2) is 0 Å². The molecule has 76 valence electrons. The maximum Gasteiger partial charge on any atom is 0.311 e. The van der Waals surface area contributed by atoms with E-state index in [1.54, 1.807) is 12.1 Å². The molecule has 0 aliphatic carbocycles. The second-order valence-electron chi connectivity index (χ2n) is 2.77. The lowest BCUT2D eigenvalue weighted by Crippen LogP contribution is -2.06. The zero-order valence-electron chi connectivity index (χ0n) is 7.83. The van der Waals surface area contributed by atoms with Crippen molar-refractivity contribution in [3.05, 3.63) is 24.3 Å². The molecule has 0 saturated heterocycles. The van der Waals surface area contributed by atoms with Crippen molar-refractivity contribution in [2.45, 2.75) is 24.7 Å². The molecule has 2 nitrogen and oxygen atoms in total. The second kappa shape index (κ2) is 5.94. The van der Waals surface area contributed by atoms with E-state index in [0.29, 0.717) is 12.2 Å². The number of hydrogen-bond donors (Lipinski definition) is 0. The van der Waals surface area contributed by atoms with Crippen molar-refractivity contribution in [2.24, 2.45) is 0 Å². The minimum atomic E-state index is -0.196. The summed E-state index contributed by atoms with van der Waals surface area (Å²) >= 11 is 0. The fourth-order valence-electron chi connectivity index (χ4n) is 0.946. The molecule has 0 aliphatic heterocycles. The van der Waals surface area contributed by atoms with Gasteiger partial charge in [-0.2, -0.15) is 0 Å². The Morgan fingerprint density at radius 2 is 2.07 bits per heavy atom. The molecule has 14 heavy (non-hydrogen) atoms.